The topological polar surface area (TPSA) is 89.4 Å². The summed E-state index contributed by atoms with van der Waals surface area (Å²) >= 11 is 3.33. The van der Waals surface area contributed by atoms with Crippen molar-refractivity contribution in [3.63, 3.8) is 0 Å². The lowest BCUT2D eigenvalue weighted by Gasteiger charge is -2.17. The van der Waals surface area contributed by atoms with E-state index < -0.39 is 0 Å². The Morgan fingerprint density at radius 1 is 0.912 bits per heavy atom. The maximum Gasteiger partial charge on any atom is 0.231 e. The Balaban J connectivity index is 1.34. The van der Waals surface area contributed by atoms with Crippen molar-refractivity contribution in [3.8, 4) is 6.07 Å². The van der Waals surface area contributed by atoms with Gasteiger partial charge in [0.05, 0.1) is 34.3 Å². The predicted molar refractivity (Wildman–Crippen MR) is 141 cm³/mol. The average molecular weight is 488 g/mol. The van der Waals surface area contributed by atoms with Crippen LogP contribution in [0, 0.1) is 11.3 Å². The molecule has 9 heteroatoms. The fourth-order valence-electron chi connectivity index (χ4n) is 3.21. The van der Waals surface area contributed by atoms with Crippen LogP contribution in [0.15, 0.2) is 75.1 Å². The highest BCUT2D eigenvalue weighted by Crippen LogP contribution is 2.35. The van der Waals surface area contributed by atoms with E-state index in [1.165, 1.54) is 22.4 Å². The predicted octanol–water partition coefficient (Wildman–Crippen LogP) is 8.88. The molecule has 0 aliphatic carbocycles. The van der Waals surface area contributed by atoms with Gasteiger partial charge in [0.1, 0.15) is 4.83 Å². The van der Waals surface area contributed by atoms with Gasteiger partial charge in [-0.15, -0.1) is 21.6 Å². The lowest BCUT2D eigenvalue weighted by molar-refractivity contribution is 0.804. The molecule has 0 saturated carbocycles. The second-order valence-electron chi connectivity index (χ2n) is 7.74. The van der Waals surface area contributed by atoms with Crippen LogP contribution in [0.25, 0.3) is 9.53 Å². The summed E-state index contributed by atoms with van der Waals surface area (Å²) < 4.78 is 1.18. The van der Waals surface area contributed by atoms with Crippen molar-refractivity contribution < 1.29 is 0 Å². The van der Waals surface area contributed by atoms with E-state index in [4.69, 9.17) is 5.26 Å². The highest BCUT2D eigenvalue weighted by molar-refractivity contribution is 7.28. The van der Waals surface area contributed by atoms with Gasteiger partial charge >= 0.3 is 0 Å². The maximum absolute atomic E-state index is 8.72. The summed E-state index contributed by atoms with van der Waals surface area (Å²) in [6, 6.07) is 19.6. The van der Waals surface area contributed by atoms with E-state index in [0.29, 0.717) is 18.1 Å². The molecule has 2 aromatic carbocycles. The Hall–Kier alpha value is -3.48. The van der Waals surface area contributed by atoms with Gasteiger partial charge < -0.3 is 4.90 Å². The number of fused-ring (bicyclic) bond motifs is 1. The summed E-state index contributed by atoms with van der Waals surface area (Å²) in [4.78, 5) is 9.07. The molecule has 0 amide bonds. The Kier molecular flexibility index (Phi) is 8.07. The number of aryl methyl sites for hydroxylation is 1. The van der Waals surface area contributed by atoms with Crippen molar-refractivity contribution in [2.24, 2.45) is 20.5 Å². The first-order valence-electron chi connectivity index (χ1n) is 11.2. The minimum Gasteiger partial charge on any atom is -0.374 e. The number of nitriles is 1. The average Bonchev–Trinajstić information content (AvgIpc) is 3.43. The smallest absolute Gasteiger partial charge is 0.231 e. The van der Waals surface area contributed by atoms with Gasteiger partial charge in [0, 0.05) is 24.2 Å². The Bertz CT molecular complexity index is 1280. The monoisotopic (exact) mass is 487 g/mol. The molecule has 0 bridgehead atoms. The minimum absolute atomic E-state index is 0.496. The van der Waals surface area contributed by atoms with E-state index in [1.807, 2.05) is 60.5 Å². The zero-order valence-corrected chi connectivity index (χ0v) is 20.8. The Morgan fingerprint density at radius 2 is 1.53 bits per heavy atom. The van der Waals surface area contributed by atoms with Crippen LogP contribution in [0.4, 0.5) is 27.9 Å². The third-order valence-electron chi connectivity index (χ3n) is 5.14. The fraction of sp³-hybridized carbons (Fsp3) is 0.280. The van der Waals surface area contributed by atoms with Crippen LogP contribution in [0.2, 0.25) is 0 Å². The third kappa shape index (κ3) is 6.31. The number of rotatable bonds is 10. The molecule has 2 aromatic heterocycles. The molecule has 0 aliphatic heterocycles. The third-order valence-corrected chi connectivity index (χ3v) is 7.24. The van der Waals surface area contributed by atoms with Crippen molar-refractivity contribution in [1.29, 1.82) is 5.26 Å². The molecule has 0 spiro atoms. The standard InChI is InChI=1S/C25H25N7S2/c1-3-4-6-22-17-23-24(33-22)27-25(34-23)31-30-19-9-7-18(8-10-19)28-29-20-11-13-21(14-12-20)32(2)16-5-15-26/h7-14,17H,3-6,16H2,1-2H3. The number of benzene rings is 2. The number of aromatic nitrogens is 1. The van der Waals surface area contributed by atoms with Crippen molar-refractivity contribution >= 4 is 60.1 Å². The summed E-state index contributed by atoms with van der Waals surface area (Å²) in [5.74, 6) is 0. The maximum atomic E-state index is 8.72. The van der Waals surface area contributed by atoms with Crippen LogP contribution in [0.1, 0.15) is 31.1 Å². The number of thiophene rings is 1. The summed E-state index contributed by atoms with van der Waals surface area (Å²) in [6.07, 6.45) is 4.03. The number of unbranched alkanes of at least 4 members (excludes halogenated alkanes) is 1. The van der Waals surface area contributed by atoms with Gasteiger partial charge in [-0.2, -0.15) is 15.5 Å². The van der Waals surface area contributed by atoms with Crippen molar-refractivity contribution in [1.82, 2.24) is 4.98 Å². The highest BCUT2D eigenvalue weighted by atomic mass is 32.1. The molecule has 172 valence electrons. The fourth-order valence-corrected chi connectivity index (χ4v) is 5.31. The molecule has 0 fully saturated rings. The van der Waals surface area contributed by atoms with Crippen LogP contribution in [0.5, 0.6) is 0 Å². The minimum atomic E-state index is 0.496. The number of hydrogen-bond acceptors (Lipinski definition) is 9. The molecular formula is C25H25N7S2. The van der Waals surface area contributed by atoms with Crippen LogP contribution in [0.3, 0.4) is 0 Å². The van der Waals surface area contributed by atoms with Crippen LogP contribution in [-0.2, 0) is 6.42 Å². The van der Waals surface area contributed by atoms with Gasteiger partial charge in [-0.3, -0.25) is 0 Å². The van der Waals surface area contributed by atoms with Crippen molar-refractivity contribution in [2.75, 3.05) is 18.5 Å². The van der Waals surface area contributed by atoms with Gasteiger partial charge in [0.15, 0.2) is 0 Å². The second-order valence-corrected chi connectivity index (χ2v) is 9.87. The molecule has 0 radical (unpaired) electrons. The number of hydrogen-bond donors (Lipinski definition) is 0. The molecule has 34 heavy (non-hydrogen) atoms. The molecule has 0 aliphatic rings. The number of thiazole rings is 1. The molecule has 4 rings (SSSR count). The molecule has 0 saturated heterocycles. The molecule has 0 atom stereocenters. The van der Waals surface area contributed by atoms with E-state index in [9.17, 15) is 0 Å². The summed E-state index contributed by atoms with van der Waals surface area (Å²) in [5, 5.41) is 26.6. The summed E-state index contributed by atoms with van der Waals surface area (Å²) in [6.45, 7) is 2.91. The lowest BCUT2D eigenvalue weighted by Crippen LogP contribution is -2.17. The first kappa shape index (κ1) is 23.7. The quantitative estimate of drug-likeness (QED) is 0.209. The molecule has 0 unspecified atom stereocenters. The van der Waals surface area contributed by atoms with Gasteiger partial charge in [0.2, 0.25) is 5.13 Å². The molecule has 7 nitrogen and oxygen atoms in total. The molecule has 2 heterocycles. The van der Waals surface area contributed by atoms with Crippen LogP contribution >= 0.6 is 22.7 Å². The lowest BCUT2D eigenvalue weighted by atomic mass is 10.2. The number of nitrogens with zero attached hydrogens (tertiary/aromatic N) is 7. The SMILES string of the molecule is CCCCc1cc2sc(N=Nc3ccc(N=Nc4ccc(N(C)CCC#N)cc4)cc3)nc2s1. The second kappa shape index (κ2) is 11.6. The first-order valence-corrected chi connectivity index (χ1v) is 12.8. The Morgan fingerprint density at radius 3 is 2.12 bits per heavy atom. The Labute approximate surface area is 207 Å². The largest absolute Gasteiger partial charge is 0.374 e. The summed E-state index contributed by atoms with van der Waals surface area (Å²) in [5.41, 5.74) is 3.29. The van der Waals surface area contributed by atoms with E-state index >= 15 is 0 Å². The zero-order valence-electron chi connectivity index (χ0n) is 19.2. The van der Waals surface area contributed by atoms with Crippen molar-refractivity contribution in [3.05, 3.63) is 59.5 Å². The molecule has 4 aromatic rings. The van der Waals surface area contributed by atoms with E-state index in [-0.39, 0.29) is 0 Å². The van der Waals surface area contributed by atoms with E-state index in [0.717, 1.165) is 34.0 Å². The van der Waals surface area contributed by atoms with Gasteiger partial charge in [-0.25, -0.2) is 4.98 Å². The van der Waals surface area contributed by atoms with E-state index in [1.54, 1.807) is 22.7 Å². The first-order chi connectivity index (χ1) is 16.6. The van der Waals surface area contributed by atoms with Gasteiger partial charge in [0.25, 0.3) is 0 Å². The molecule has 0 N–H and O–H groups in total. The van der Waals surface area contributed by atoms with Gasteiger partial charge in [-0.1, -0.05) is 24.7 Å². The van der Waals surface area contributed by atoms with Crippen LogP contribution in [-0.4, -0.2) is 18.6 Å². The number of azo groups is 2. The zero-order chi connectivity index (χ0) is 23.8. The summed E-state index contributed by atoms with van der Waals surface area (Å²) in [7, 11) is 1.97. The number of anilines is 1. The highest BCUT2D eigenvalue weighted by Gasteiger charge is 2.08. The van der Waals surface area contributed by atoms with E-state index in [2.05, 4.69) is 44.5 Å². The van der Waals surface area contributed by atoms with Gasteiger partial charge in [-0.05, 0) is 67.4 Å². The normalized spacial score (nSPS) is 11.6. The van der Waals surface area contributed by atoms with Crippen molar-refractivity contribution in [2.45, 2.75) is 32.6 Å². The van der Waals surface area contributed by atoms with Crippen LogP contribution < -0.4 is 4.90 Å². The molecular weight excluding hydrogens is 462 g/mol.